The van der Waals surface area contributed by atoms with Gasteiger partial charge in [0.25, 0.3) is 0 Å². The van der Waals surface area contributed by atoms with Crippen molar-refractivity contribution in [3.8, 4) is 0 Å². The van der Waals surface area contributed by atoms with Crippen molar-refractivity contribution in [3.05, 3.63) is 17.5 Å². The van der Waals surface area contributed by atoms with Crippen LogP contribution in [0.4, 0.5) is 0 Å². The third kappa shape index (κ3) is 2.51. The summed E-state index contributed by atoms with van der Waals surface area (Å²) in [5.74, 6) is 0.307. The first-order valence-electron chi connectivity index (χ1n) is 7.98. The molecule has 0 amide bonds. The van der Waals surface area contributed by atoms with E-state index in [0.717, 1.165) is 37.3 Å². The van der Waals surface area contributed by atoms with Gasteiger partial charge >= 0.3 is 0 Å². The van der Waals surface area contributed by atoms with Crippen LogP contribution in [0, 0.1) is 5.92 Å². The molecule has 20 heavy (non-hydrogen) atoms. The monoisotopic (exact) mass is 278 g/mol. The predicted octanol–water partition coefficient (Wildman–Crippen LogP) is 2.76. The van der Waals surface area contributed by atoms with Crippen LogP contribution in [0.25, 0.3) is 0 Å². The number of nitrogens with zero attached hydrogens (tertiary/aromatic N) is 2. The van der Waals surface area contributed by atoms with Crippen molar-refractivity contribution in [2.45, 2.75) is 63.6 Å². The van der Waals surface area contributed by atoms with Crippen molar-refractivity contribution in [1.29, 1.82) is 0 Å². The van der Waals surface area contributed by atoms with Crippen LogP contribution in [0.3, 0.4) is 0 Å². The zero-order valence-corrected chi connectivity index (χ0v) is 12.6. The van der Waals surface area contributed by atoms with E-state index in [1.165, 1.54) is 25.7 Å². The van der Waals surface area contributed by atoms with Gasteiger partial charge in [-0.3, -0.25) is 4.68 Å². The molecule has 112 valence electrons. The van der Waals surface area contributed by atoms with E-state index in [0.29, 0.717) is 5.92 Å². The fourth-order valence-corrected chi connectivity index (χ4v) is 3.94. The van der Waals surface area contributed by atoms with Gasteiger partial charge in [0.05, 0.1) is 23.1 Å². The van der Waals surface area contributed by atoms with E-state index in [9.17, 15) is 5.11 Å². The van der Waals surface area contributed by atoms with Crippen molar-refractivity contribution < 1.29 is 9.84 Å². The van der Waals surface area contributed by atoms with Crippen LogP contribution in [0.15, 0.2) is 6.07 Å². The smallest absolute Gasteiger partial charge is 0.0986 e. The quantitative estimate of drug-likeness (QED) is 0.925. The summed E-state index contributed by atoms with van der Waals surface area (Å²) in [7, 11) is 1.93. The first-order chi connectivity index (χ1) is 9.63. The van der Waals surface area contributed by atoms with Crippen molar-refractivity contribution in [2.75, 3.05) is 6.61 Å². The van der Waals surface area contributed by atoms with E-state index in [-0.39, 0.29) is 5.60 Å². The molecule has 2 atom stereocenters. The number of aliphatic hydroxyl groups excluding tert-OH is 1. The maximum Gasteiger partial charge on any atom is 0.0986 e. The highest BCUT2D eigenvalue weighted by Crippen LogP contribution is 2.45. The van der Waals surface area contributed by atoms with E-state index in [2.05, 4.69) is 18.1 Å². The molecule has 1 aromatic heterocycles. The molecule has 1 aliphatic heterocycles. The Morgan fingerprint density at radius 1 is 1.50 bits per heavy atom. The van der Waals surface area contributed by atoms with E-state index < -0.39 is 6.10 Å². The van der Waals surface area contributed by atoms with E-state index in [1.54, 1.807) is 0 Å². The number of aliphatic hydroxyl groups is 1. The van der Waals surface area contributed by atoms with Gasteiger partial charge in [-0.2, -0.15) is 5.10 Å². The number of rotatable bonds is 3. The largest absolute Gasteiger partial charge is 0.387 e. The van der Waals surface area contributed by atoms with Crippen molar-refractivity contribution in [2.24, 2.45) is 13.0 Å². The van der Waals surface area contributed by atoms with Gasteiger partial charge in [0, 0.05) is 13.7 Å². The van der Waals surface area contributed by atoms with E-state index in [1.807, 2.05) is 11.7 Å². The maximum absolute atomic E-state index is 10.8. The molecule has 2 heterocycles. The third-order valence-corrected chi connectivity index (χ3v) is 5.12. The molecule has 2 fully saturated rings. The SMILES string of the molecule is CCc1cc(C(O)C2CCOC3(CCCC3)C2)n(C)n1. The standard InChI is InChI=1S/C16H26N2O2/c1-3-13-10-14(18(2)17-13)15(19)12-6-9-20-16(11-12)7-4-5-8-16/h10,12,15,19H,3-9,11H2,1-2H3. The Morgan fingerprint density at radius 2 is 2.25 bits per heavy atom. The minimum absolute atomic E-state index is 0.0656. The summed E-state index contributed by atoms with van der Waals surface area (Å²) in [5, 5.41) is 15.2. The van der Waals surface area contributed by atoms with Gasteiger partial charge in [-0.1, -0.05) is 19.8 Å². The molecular formula is C16H26N2O2. The Kier molecular flexibility index (Phi) is 3.87. The zero-order chi connectivity index (χ0) is 14.2. The van der Waals surface area contributed by atoms with E-state index in [4.69, 9.17) is 4.74 Å². The minimum atomic E-state index is -0.408. The second kappa shape index (κ2) is 5.49. The lowest BCUT2D eigenvalue weighted by Crippen LogP contribution is -2.39. The second-order valence-corrected chi connectivity index (χ2v) is 6.47. The summed E-state index contributed by atoms with van der Waals surface area (Å²) >= 11 is 0. The summed E-state index contributed by atoms with van der Waals surface area (Å²) in [6, 6.07) is 2.06. The van der Waals surface area contributed by atoms with Crippen LogP contribution < -0.4 is 0 Å². The van der Waals surface area contributed by atoms with Gasteiger partial charge in [-0.15, -0.1) is 0 Å². The highest BCUT2D eigenvalue weighted by Gasteiger charge is 2.42. The normalized spacial score (nSPS) is 27.1. The summed E-state index contributed by atoms with van der Waals surface area (Å²) in [5.41, 5.74) is 2.09. The molecule has 0 bridgehead atoms. The molecule has 1 N–H and O–H groups in total. The molecule has 1 saturated carbocycles. The highest BCUT2D eigenvalue weighted by atomic mass is 16.5. The molecular weight excluding hydrogens is 252 g/mol. The van der Waals surface area contributed by atoms with Crippen LogP contribution in [0.5, 0.6) is 0 Å². The maximum atomic E-state index is 10.8. The fourth-order valence-electron chi connectivity index (χ4n) is 3.94. The number of ether oxygens (including phenoxy) is 1. The minimum Gasteiger partial charge on any atom is -0.387 e. The lowest BCUT2D eigenvalue weighted by Gasteiger charge is -2.40. The first-order valence-corrected chi connectivity index (χ1v) is 7.98. The average molecular weight is 278 g/mol. The molecule has 1 aromatic rings. The molecule has 0 radical (unpaired) electrons. The Hall–Kier alpha value is -0.870. The molecule has 1 saturated heterocycles. The summed E-state index contributed by atoms with van der Waals surface area (Å²) in [6.45, 7) is 2.89. The Bertz CT molecular complexity index is 463. The Morgan fingerprint density at radius 3 is 2.90 bits per heavy atom. The Labute approximate surface area is 121 Å². The molecule has 1 aliphatic carbocycles. The van der Waals surface area contributed by atoms with E-state index >= 15 is 0 Å². The van der Waals surface area contributed by atoms with Crippen LogP contribution in [0.2, 0.25) is 0 Å². The molecule has 2 aliphatic rings. The van der Waals surface area contributed by atoms with Crippen LogP contribution >= 0.6 is 0 Å². The molecule has 4 heteroatoms. The highest BCUT2D eigenvalue weighted by molar-refractivity contribution is 5.14. The third-order valence-electron chi connectivity index (χ3n) is 5.12. The molecule has 0 aromatic carbocycles. The summed E-state index contributed by atoms with van der Waals surface area (Å²) in [4.78, 5) is 0. The Balaban J connectivity index is 1.75. The summed E-state index contributed by atoms with van der Waals surface area (Å²) in [6.07, 6.45) is 7.34. The van der Waals surface area contributed by atoms with Gasteiger partial charge in [0.15, 0.2) is 0 Å². The fraction of sp³-hybridized carbons (Fsp3) is 0.812. The molecule has 2 unspecified atom stereocenters. The number of hydrogen-bond acceptors (Lipinski definition) is 3. The van der Waals surface area contributed by atoms with Gasteiger partial charge in [0.1, 0.15) is 0 Å². The van der Waals surface area contributed by atoms with Crippen molar-refractivity contribution >= 4 is 0 Å². The topological polar surface area (TPSA) is 47.3 Å². The average Bonchev–Trinajstić information content (AvgIpc) is 3.05. The molecule has 4 nitrogen and oxygen atoms in total. The van der Waals surface area contributed by atoms with Gasteiger partial charge < -0.3 is 9.84 Å². The molecule has 1 spiro atoms. The van der Waals surface area contributed by atoms with Crippen LogP contribution in [0.1, 0.15) is 62.9 Å². The lowest BCUT2D eigenvalue weighted by molar-refractivity contribution is -0.114. The first kappa shape index (κ1) is 14.1. The predicted molar refractivity (Wildman–Crippen MR) is 77.4 cm³/mol. The summed E-state index contributed by atoms with van der Waals surface area (Å²) < 4.78 is 7.91. The zero-order valence-electron chi connectivity index (χ0n) is 12.6. The van der Waals surface area contributed by atoms with Gasteiger partial charge in [-0.25, -0.2) is 0 Å². The lowest BCUT2D eigenvalue weighted by atomic mass is 9.81. The van der Waals surface area contributed by atoms with Crippen LogP contribution in [-0.4, -0.2) is 27.1 Å². The number of hydrogen-bond donors (Lipinski definition) is 1. The van der Waals surface area contributed by atoms with Crippen molar-refractivity contribution in [3.63, 3.8) is 0 Å². The molecule has 3 rings (SSSR count). The number of aryl methyl sites for hydroxylation is 2. The second-order valence-electron chi connectivity index (χ2n) is 6.47. The van der Waals surface area contributed by atoms with Gasteiger partial charge in [0.2, 0.25) is 0 Å². The van der Waals surface area contributed by atoms with Crippen molar-refractivity contribution in [1.82, 2.24) is 9.78 Å². The van der Waals surface area contributed by atoms with Gasteiger partial charge in [-0.05, 0) is 44.1 Å². The van der Waals surface area contributed by atoms with Crippen LogP contribution in [-0.2, 0) is 18.2 Å². The number of aromatic nitrogens is 2.